The second-order valence-electron chi connectivity index (χ2n) is 7.20. The van der Waals surface area contributed by atoms with E-state index in [1.54, 1.807) is 0 Å². The summed E-state index contributed by atoms with van der Waals surface area (Å²) in [6.07, 6.45) is 0.733. The largest absolute Gasteiger partial charge is 0.464 e. The van der Waals surface area contributed by atoms with Gasteiger partial charge in [-0.25, -0.2) is 9.78 Å². The number of fused-ring (bicyclic) bond motifs is 5. The predicted molar refractivity (Wildman–Crippen MR) is 111 cm³/mol. The molecule has 0 spiro atoms. The van der Waals surface area contributed by atoms with Crippen molar-refractivity contribution >= 4 is 16.9 Å². The van der Waals surface area contributed by atoms with Gasteiger partial charge in [0.05, 0.1) is 13.7 Å². The highest BCUT2D eigenvalue weighted by molar-refractivity contribution is 5.89. The normalized spacial score (nSPS) is 13.3. The van der Waals surface area contributed by atoms with Crippen LogP contribution in [0, 0.1) is 6.92 Å². The third kappa shape index (κ3) is 2.99. The number of nitrogens with zero attached hydrogens (tertiary/aromatic N) is 2. The van der Waals surface area contributed by atoms with Crippen LogP contribution in [0.4, 0.5) is 0 Å². The molecule has 0 aliphatic carbocycles. The number of esters is 1. The maximum atomic E-state index is 11.8. The smallest absolute Gasteiger partial charge is 0.358 e. The maximum absolute atomic E-state index is 11.8. The third-order valence-corrected chi connectivity index (χ3v) is 5.51. The number of nitrogens with one attached hydrogen (secondary N) is 1. The van der Waals surface area contributed by atoms with Crippen LogP contribution in [-0.2, 0) is 17.7 Å². The van der Waals surface area contributed by atoms with Gasteiger partial charge in [-0.3, -0.25) is 0 Å². The molecule has 152 valence electrons. The van der Waals surface area contributed by atoms with Crippen molar-refractivity contribution in [1.82, 2.24) is 14.5 Å². The highest BCUT2D eigenvalue weighted by atomic mass is 16.7. The fourth-order valence-corrected chi connectivity index (χ4v) is 3.98. The Labute approximate surface area is 173 Å². The van der Waals surface area contributed by atoms with E-state index in [2.05, 4.69) is 26.7 Å². The highest BCUT2D eigenvalue weighted by Gasteiger charge is 2.26. The van der Waals surface area contributed by atoms with E-state index in [4.69, 9.17) is 14.2 Å². The van der Waals surface area contributed by atoms with Crippen LogP contribution in [0.15, 0.2) is 48.5 Å². The highest BCUT2D eigenvalue weighted by Crippen LogP contribution is 2.31. The summed E-state index contributed by atoms with van der Waals surface area (Å²) in [6, 6.07) is 15.9. The first-order valence-electron chi connectivity index (χ1n) is 9.73. The number of para-hydroxylation sites is 3. The molecule has 2 aromatic heterocycles. The topological polar surface area (TPSA) is 78.4 Å². The zero-order valence-electron chi connectivity index (χ0n) is 16.8. The Bertz CT molecular complexity index is 1230. The third-order valence-electron chi connectivity index (χ3n) is 5.51. The van der Waals surface area contributed by atoms with Gasteiger partial charge in [0, 0.05) is 28.7 Å². The van der Waals surface area contributed by atoms with Crippen LogP contribution in [-0.4, -0.2) is 34.4 Å². The molecule has 4 aromatic rings. The first-order chi connectivity index (χ1) is 14.7. The van der Waals surface area contributed by atoms with Crippen LogP contribution in [0.2, 0.25) is 0 Å². The fourth-order valence-electron chi connectivity index (χ4n) is 3.98. The first-order valence-corrected chi connectivity index (χ1v) is 9.73. The second kappa shape index (κ2) is 7.26. The molecule has 0 atom stereocenters. The van der Waals surface area contributed by atoms with Gasteiger partial charge in [-0.05, 0) is 30.7 Å². The van der Waals surface area contributed by atoms with Gasteiger partial charge < -0.3 is 23.8 Å². The van der Waals surface area contributed by atoms with Crippen molar-refractivity contribution < 1.29 is 19.0 Å². The van der Waals surface area contributed by atoms with E-state index in [9.17, 15) is 4.79 Å². The molecule has 2 aliphatic rings. The van der Waals surface area contributed by atoms with Gasteiger partial charge in [0.15, 0.2) is 17.2 Å². The molecule has 7 nitrogen and oxygen atoms in total. The number of rotatable bonds is 1. The van der Waals surface area contributed by atoms with Crippen LogP contribution < -0.4 is 9.47 Å². The molecule has 2 aliphatic heterocycles. The monoisotopic (exact) mass is 403 g/mol. The molecule has 0 fully saturated rings. The Kier molecular flexibility index (Phi) is 4.43. The van der Waals surface area contributed by atoms with Gasteiger partial charge in [-0.1, -0.05) is 30.3 Å². The van der Waals surface area contributed by atoms with Gasteiger partial charge in [0.25, 0.3) is 0 Å². The number of hydrogen-bond acceptors (Lipinski definition) is 5. The van der Waals surface area contributed by atoms with E-state index in [-0.39, 0.29) is 5.97 Å². The molecule has 0 radical (unpaired) electrons. The summed E-state index contributed by atoms with van der Waals surface area (Å²) in [4.78, 5) is 19.7. The Morgan fingerprint density at radius 1 is 1.10 bits per heavy atom. The van der Waals surface area contributed by atoms with Crippen LogP contribution in [0.1, 0.15) is 33.3 Å². The Morgan fingerprint density at radius 3 is 2.53 bits per heavy atom. The lowest BCUT2D eigenvalue weighted by Gasteiger charge is -2.16. The molecule has 2 aromatic carbocycles. The number of aromatic amines is 1. The zero-order chi connectivity index (χ0) is 20.7. The van der Waals surface area contributed by atoms with E-state index < -0.39 is 0 Å². The molecule has 30 heavy (non-hydrogen) atoms. The summed E-state index contributed by atoms with van der Waals surface area (Å²) in [7, 11) is 1.39. The average molecular weight is 403 g/mol. The Hall–Kier alpha value is -3.74. The molecule has 0 unspecified atom stereocenters. The molecule has 0 amide bonds. The van der Waals surface area contributed by atoms with E-state index >= 15 is 0 Å². The first kappa shape index (κ1) is 18.3. The van der Waals surface area contributed by atoms with Gasteiger partial charge >= 0.3 is 5.97 Å². The molecule has 1 N–H and O–H groups in total. The van der Waals surface area contributed by atoms with Crippen LogP contribution >= 0.6 is 0 Å². The van der Waals surface area contributed by atoms with Crippen molar-refractivity contribution in [2.24, 2.45) is 0 Å². The summed E-state index contributed by atoms with van der Waals surface area (Å²) in [5, 5.41) is 1.24. The number of aromatic nitrogens is 3. The lowest BCUT2D eigenvalue weighted by molar-refractivity contribution is 0.0593. The minimum absolute atomic E-state index is 0.360. The summed E-state index contributed by atoms with van der Waals surface area (Å²) >= 11 is 0. The Morgan fingerprint density at radius 2 is 1.80 bits per heavy atom. The van der Waals surface area contributed by atoms with E-state index in [0.29, 0.717) is 12.5 Å². The van der Waals surface area contributed by atoms with Crippen molar-refractivity contribution in [2.75, 3.05) is 13.9 Å². The maximum Gasteiger partial charge on any atom is 0.358 e. The number of carbonyl (C=O) groups is 1. The number of imidazole rings is 1. The number of benzene rings is 2. The number of hydrogen-bond donors (Lipinski definition) is 1. The van der Waals surface area contributed by atoms with Crippen LogP contribution in [0.5, 0.6) is 11.5 Å². The number of carbonyl (C=O) groups excluding carboxylic acids is 1. The number of H-pyrrole nitrogens is 1. The molecular formula is C23H21N3O4. The quantitative estimate of drug-likeness (QED) is 0.431. The van der Waals surface area contributed by atoms with E-state index in [0.717, 1.165) is 41.5 Å². The average Bonchev–Trinajstić information content (AvgIpc) is 3.48. The van der Waals surface area contributed by atoms with Crippen molar-refractivity contribution in [1.29, 1.82) is 0 Å². The molecule has 0 saturated carbocycles. The van der Waals surface area contributed by atoms with Crippen molar-refractivity contribution in [3.8, 4) is 11.5 Å². The fraction of sp³-hybridized carbons (Fsp3) is 0.217. The second-order valence-corrected chi connectivity index (χ2v) is 7.20. The van der Waals surface area contributed by atoms with Crippen molar-refractivity contribution in [3.05, 3.63) is 77.0 Å². The van der Waals surface area contributed by atoms with Crippen LogP contribution in [0.25, 0.3) is 10.9 Å². The summed E-state index contributed by atoms with van der Waals surface area (Å²) in [5.74, 6) is 2.24. The molecule has 6 rings (SSSR count). The molecule has 0 bridgehead atoms. The molecular weight excluding hydrogens is 382 g/mol. The summed E-state index contributed by atoms with van der Waals surface area (Å²) in [6.45, 7) is 2.99. The minimum Gasteiger partial charge on any atom is -0.464 e. The lowest BCUT2D eigenvalue weighted by atomic mass is 10.0. The molecule has 0 saturated heterocycles. The van der Waals surface area contributed by atoms with Gasteiger partial charge in [-0.15, -0.1) is 0 Å². The molecule has 4 heterocycles. The van der Waals surface area contributed by atoms with Crippen molar-refractivity contribution in [2.45, 2.75) is 19.9 Å². The Balaban J connectivity index is 0.000000178. The standard InChI is InChI=1S/C16H15N3O2.C7H6O2/c1-9-15(16(20)21-2)18-14-7-11-10-5-3-4-6-12(10)17-13(11)8-19(9)14;1-2-4-7-6(3-1)8-5-9-7/h3-6,17H,7-8H2,1-2H3;1-4H,5H2. The summed E-state index contributed by atoms with van der Waals surface area (Å²) in [5.41, 5.74) is 4.90. The minimum atomic E-state index is -0.372. The number of ether oxygens (including phenoxy) is 3. The number of methoxy groups -OCH3 is 1. The van der Waals surface area contributed by atoms with Gasteiger partial charge in [-0.2, -0.15) is 0 Å². The summed E-state index contributed by atoms with van der Waals surface area (Å²) < 4.78 is 17.0. The van der Waals surface area contributed by atoms with Gasteiger partial charge in [0.1, 0.15) is 5.82 Å². The van der Waals surface area contributed by atoms with E-state index in [1.165, 1.54) is 23.8 Å². The lowest BCUT2D eigenvalue weighted by Crippen LogP contribution is -2.14. The predicted octanol–water partition coefficient (Wildman–Crippen LogP) is 3.83. The van der Waals surface area contributed by atoms with Gasteiger partial charge in [0.2, 0.25) is 6.79 Å². The van der Waals surface area contributed by atoms with Crippen LogP contribution in [0.3, 0.4) is 0 Å². The molecule has 7 heteroatoms. The zero-order valence-corrected chi connectivity index (χ0v) is 16.8. The van der Waals surface area contributed by atoms with Crippen molar-refractivity contribution in [3.63, 3.8) is 0 Å². The SMILES string of the molecule is COC(=O)c1nc2n(c1C)Cc1[nH]c3ccccc3c1C2.c1ccc2c(c1)OCO2. The van der Waals surface area contributed by atoms with E-state index in [1.807, 2.05) is 43.3 Å².